The molecule has 1 N–H and O–H groups in total. The molecule has 0 aliphatic heterocycles. The van der Waals surface area contributed by atoms with Crippen molar-refractivity contribution in [2.24, 2.45) is 0 Å². The lowest BCUT2D eigenvalue weighted by molar-refractivity contribution is -0.138. The highest BCUT2D eigenvalue weighted by molar-refractivity contribution is 5.88. The number of esters is 1. The second-order valence-electron chi connectivity index (χ2n) is 9.35. The van der Waals surface area contributed by atoms with Gasteiger partial charge in [-0.3, -0.25) is 0 Å². The van der Waals surface area contributed by atoms with Crippen molar-refractivity contribution in [3.63, 3.8) is 0 Å². The molecule has 4 rings (SSSR count). The number of ether oxygens (including phenoxy) is 2. The highest BCUT2D eigenvalue weighted by Crippen LogP contribution is 2.33. The quantitative estimate of drug-likeness (QED) is 0.189. The van der Waals surface area contributed by atoms with Crippen molar-refractivity contribution in [3.8, 4) is 28.0 Å². The molecule has 0 aliphatic carbocycles. The lowest BCUT2D eigenvalue weighted by atomic mass is 9.92. The van der Waals surface area contributed by atoms with Crippen LogP contribution < -0.4 is 4.74 Å². The van der Waals surface area contributed by atoms with Gasteiger partial charge in [-0.25, -0.2) is 4.79 Å². The maximum atomic E-state index is 11.8. The lowest BCUT2D eigenvalue weighted by Crippen LogP contribution is -2.10. The van der Waals surface area contributed by atoms with Crippen molar-refractivity contribution < 1.29 is 19.4 Å². The van der Waals surface area contributed by atoms with E-state index in [0.29, 0.717) is 17.7 Å². The second-order valence-corrected chi connectivity index (χ2v) is 9.35. The van der Waals surface area contributed by atoms with Crippen LogP contribution >= 0.6 is 0 Å². The summed E-state index contributed by atoms with van der Waals surface area (Å²) in [6, 6.07) is 25.9. The fraction of sp³-hybridized carbons (Fsp3) is 0.242. The number of benzene rings is 4. The predicted molar refractivity (Wildman–Crippen MR) is 151 cm³/mol. The molecule has 0 spiro atoms. The summed E-state index contributed by atoms with van der Waals surface area (Å²) in [6.45, 7) is 9.92. The molecular formula is C33H34O4. The Bertz CT molecular complexity index is 1430. The maximum absolute atomic E-state index is 11.8. The number of aliphatic hydroxyl groups is 1. The fourth-order valence-corrected chi connectivity index (χ4v) is 4.51. The van der Waals surface area contributed by atoms with Gasteiger partial charge in [0.25, 0.3) is 0 Å². The van der Waals surface area contributed by atoms with Crippen molar-refractivity contribution in [2.45, 2.75) is 33.6 Å². The molecule has 0 saturated carbocycles. The van der Waals surface area contributed by atoms with Crippen LogP contribution in [0.25, 0.3) is 33.0 Å². The van der Waals surface area contributed by atoms with Crippen LogP contribution in [0.4, 0.5) is 0 Å². The average molecular weight is 495 g/mol. The second kappa shape index (κ2) is 11.9. The lowest BCUT2D eigenvalue weighted by Gasteiger charge is -2.16. The number of fused-ring (bicyclic) bond motifs is 1. The topological polar surface area (TPSA) is 55.8 Å². The molecule has 0 atom stereocenters. The van der Waals surface area contributed by atoms with Crippen molar-refractivity contribution in [3.05, 3.63) is 102 Å². The third kappa shape index (κ3) is 6.28. The predicted octanol–water partition coefficient (Wildman–Crippen LogP) is 7.08. The Morgan fingerprint density at radius 3 is 2.27 bits per heavy atom. The first kappa shape index (κ1) is 26.2. The molecule has 190 valence electrons. The number of hydrogen-bond donors (Lipinski definition) is 1. The molecule has 0 saturated heterocycles. The number of rotatable bonds is 10. The SMILES string of the molecule is C=C(C)C(=O)OCCc1cc(-c2ccc(-c3ccc4cc(C)ccc4c3)cc2CC)ccc1OCCO. The molecule has 0 fully saturated rings. The van der Waals surface area contributed by atoms with Gasteiger partial charge >= 0.3 is 5.97 Å². The molecule has 0 aliphatic rings. The van der Waals surface area contributed by atoms with Gasteiger partial charge < -0.3 is 14.6 Å². The molecule has 4 aromatic rings. The summed E-state index contributed by atoms with van der Waals surface area (Å²) in [5.41, 5.74) is 8.45. The van der Waals surface area contributed by atoms with Crippen LogP contribution in [0, 0.1) is 6.92 Å². The van der Waals surface area contributed by atoms with Crippen molar-refractivity contribution in [1.82, 2.24) is 0 Å². The molecule has 0 radical (unpaired) electrons. The fourth-order valence-electron chi connectivity index (χ4n) is 4.51. The third-order valence-electron chi connectivity index (χ3n) is 6.49. The normalized spacial score (nSPS) is 10.9. The number of carbonyl (C=O) groups is 1. The van der Waals surface area contributed by atoms with Gasteiger partial charge in [0.15, 0.2) is 0 Å². The van der Waals surface area contributed by atoms with E-state index in [0.717, 1.165) is 23.1 Å². The number of hydrogen-bond acceptors (Lipinski definition) is 4. The van der Waals surface area contributed by atoms with E-state index in [1.54, 1.807) is 6.92 Å². The minimum absolute atomic E-state index is 0.0678. The van der Waals surface area contributed by atoms with Crippen molar-refractivity contribution >= 4 is 16.7 Å². The summed E-state index contributed by atoms with van der Waals surface area (Å²) in [5, 5.41) is 11.7. The first-order valence-electron chi connectivity index (χ1n) is 12.7. The van der Waals surface area contributed by atoms with Gasteiger partial charge in [0.05, 0.1) is 13.2 Å². The summed E-state index contributed by atoms with van der Waals surface area (Å²) in [4.78, 5) is 11.8. The standard InChI is InChI=1S/C33H34O4/c1-5-24-19-28(27-9-8-25-18-23(4)6-7-26(25)20-27)10-12-31(24)29-11-13-32(36-17-15-34)30(21-29)14-16-37-33(35)22(2)3/h6-13,18-21,34H,2,5,14-17H2,1,3-4H3. The van der Waals surface area contributed by atoms with Crippen LogP contribution in [0.15, 0.2) is 84.9 Å². The van der Waals surface area contributed by atoms with Gasteiger partial charge in [-0.15, -0.1) is 0 Å². The number of aryl methyl sites for hydroxylation is 2. The van der Waals surface area contributed by atoms with E-state index in [1.807, 2.05) is 12.1 Å². The van der Waals surface area contributed by atoms with Crippen LogP contribution in [0.2, 0.25) is 0 Å². The van der Waals surface area contributed by atoms with Gasteiger partial charge in [-0.05, 0) is 82.6 Å². The van der Waals surface area contributed by atoms with Gasteiger partial charge in [0, 0.05) is 12.0 Å². The summed E-state index contributed by atoms with van der Waals surface area (Å²) < 4.78 is 11.1. The van der Waals surface area contributed by atoms with Gasteiger partial charge in [-0.2, -0.15) is 0 Å². The maximum Gasteiger partial charge on any atom is 0.333 e. The Morgan fingerprint density at radius 2 is 1.51 bits per heavy atom. The first-order chi connectivity index (χ1) is 17.9. The van der Waals surface area contributed by atoms with Gasteiger partial charge in [0.2, 0.25) is 0 Å². The minimum Gasteiger partial charge on any atom is -0.491 e. The van der Waals surface area contributed by atoms with Crippen LogP contribution in [0.5, 0.6) is 5.75 Å². The molecule has 0 amide bonds. The zero-order chi connectivity index (χ0) is 26.4. The van der Waals surface area contributed by atoms with Crippen molar-refractivity contribution in [1.29, 1.82) is 0 Å². The van der Waals surface area contributed by atoms with E-state index >= 15 is 0 Å². The molecule has 4 aromatic carbocycles. The Labute approximate surface area is 219 Å². The highest BCUT2D eigenvalue weighted by atomic mass is 16.5. The molecule has 4 nitrogen and oxygen atoms in total. The molecule has 0 aromatic heterocycles. The van der Waals surface area contributed by atoms with Crippen LogP contribution in [0.1, 0.15) is 30.5 Å². The van der Waals surface area contributed by atoms with Gasteiger partial charge in [0.1, 0.15) is 12.4 Å². The monoisotopic (exact) mass is 494 g/mol. The van der Waals surface area contributed by atoms with E-state index in [4.69, 9.17) is 9.47 Å². The van der Waals surface area contributed by atoms with Gasteiger partial charge in [-0.1, -0.05) is 73.7 Å². The Morgan fingerprint density at radius 1 is 0.838 bits per heavy atom. The summed E-state index contributed by atoms with van der Waals surface area (Å²) >= 11 is 0. The first-order valence-corrected chi connectivity index (χ1v) is 12.7. The molecule has 37 heavy (non-hydrogen) atoms. The zero-order valence-electron chi connectivity index (χ0n) is 21.8. The average Bonchev–Trinajstić information content (AvgIpc) is 2.91. The Hall–Kier alpha value is -3.89. The van der Waals surface area contributed by atoms with Crippen LogP contribution in [-0.2, 0) is 22.4 Å². The third-order valence-corrected chi connectivity index (χ3v) is 6.49. The molecule has 0 heterocycles. The van der Waals surface area contributed by atoms with E-state index < -0.39 is 5.97 Å². The molecular weight excluding hydrogens is 460 g/mol. The molecule has 0 bridgehead atoms. The smallest absolute Gasteiger partial charge is 0.333 e. The van der Waals surface area contributed by atoms with Crippen molar-refractivity contribution in [2.75, 3.05) is 19.8 Å². The summed E-state index contributed by atoms with van der Waals surface area (Å²) in [5.74, 6) is 0.284. The van der Waals surface area contributed by atoms with E-state index in [1.165, 1.54) is 33.0 Å². The molecule has 0 unspecified atom stereocenters. The number of carbonyl (C=O) groups excluding carboxylic acids is 1. The van der Waals surface area contributed by atoms with E-state index in [9.17, 15) is 9.90 Å². The molecule has 4 heteroatoms. The minimum atomic E-state index is -0.401. The largest absolute Gasteiger partial charge is 0.491 e. The van der Waals surface area contributed by atoms with E-state index in [-0.39, 0.29) is 19.8 Å². The number of aliphatic hydroxyl groups excluding tert-OH is 1. The summed E-state index contributed by atoms with van der Waals surface area (Å²) in [6.07, 6.45) is 1.40. The summed E-state index contributed by atoms with van der Waals surface area (Å²) in [7, 11) is 0. The van der Waals surface area contributed by atoms with E-state index in [2.05, 4.69) is 81.1 Å². The highest BCUT2D eigenvalue weighted by Gasteiger charge is 2.12. The Kier molecular flexibility index (Phi) is 8.42. The zero-order valence-corrected chi connectivity index (χ0v) is 21.8. The van der Waals surface area contributed by atoms with Crippen LogP contribution in [0.3, 0.4) is 0 Å². The Balaban J connectivity index is 1.65. The van der Waals surface area contributed by atoms with Crippen LogP contribution in [-0.4, -0.2) is 30.9 Å².